The standard InChI is InChI=1S/C21H24ClNO4S.ClH/c22-19-4-2-18(3-5-19)10-17-28(24,25)21-8-6-20(7-9-21)27-14-1-11-23-12-15-26-16-13-23;/h2-10,17H,1,11-16H2;1H/b17-10+;. The van der Waals surface area contributed by atoms with Crippen LogP contribution >= 0.6 is 24.0 Å². The van der Waals surface area contributed by atoms with Crippen molar-refractivity contribution in [3.63, 3.8) is 0 Å². The molecule has 2 aromatic carbocycles. The number of ether oxygens (including phenoxy) is 2. The Labute approximate surface area is 183 Å². The van der Waals surface area contributed by atoms with Gasteiger partial charge in [-0.05, 0) is 54.5 Å². The SMILES string of the molecule is Cl.O=S(=O)(/C=C/c1ccc(Cl)cc1)c1ccc(OCCCN2CCOCC2)cc1. The lowest BCUT2D eigenvalue weighted by atomic mass is 10.2. The van der Waals surface area contributed by atoms with Crippen molar-refractivity contribution < 1.29 is 17.9 Å². The van der Waals surface area contributed by atoms with Gasteiger partial charge in [0.2, 0.25) is 0 Å². The molecular weight excluding hydrogens is 433 g/mol. The molecule has 0 aliphatic carbocycles. The summed E-state index contributed by atoms with van der Waals surface area (Å²) in [5, 5.41) is 1.81. The molecule has 0 unspecified atom stereocenters. The number of morpholine rings is 1. The quantitative estimate of drug-likeness (QED) is 0.552. The molecule has 1 aliphatic rings. The predicted octanol–water partition coefficient (Wildman–Crippen LogP) is 4.31. The Morgan fingerprint density at radius 1 is 1.03 bits per heavy atom. The van der Waals surface area contributed by atoms with Crippen molar-refractivity contribution in [2.45, 2.75) is 11.3 Å². The summed E-state index contributed by atoms with van der Waals surface area (Å²) in [7, 11) is -3.51. The second kappa shape index (κ2) is 11.6. The van der Waals surface area contributed by atoms with Crippen LogP contribution < -0.4 is 4.74 Å². The first-order chi connectivity index (χ1) is 13.5. The summed E-state index contributed by atoms with van der Waals surface area (Å²) in [4.78, 5) is 2.59. The molecule has 158 valence electrons. The van der Waals surface area contributed by atoms with E-state index >= 15 is 0 Å². The van der Waals surface area contributed by atoms with E-state index in [-0.39, 0.29) is 17.3 Å². The Hall–Kier alpha value is -1.57. The van der Waals surface area contributed by atoms with Gasteiger partial charge in [0.25, 0.3) is 0 Å². The molecule has 0 atom stereocenters. The first-order valence-electron chi connectivity index (χ1n) is 9.25. The zero-order valence-electron chi connectivity index (χ0n) is 16.0. The minimum absolute atomic E-state index is 0. The molecule has 1 heterocycles. The molecule has 29 heavy (non-hydrogen) atoms. The smallest absolute Gasteiger partial charge is 0.199 e. The second-order valence-corrected chi connectivity index (χ2v) is 8.80. The molecule has 0 saturated carbocycles. The molecule has 1 fully saturated rings. The maximum Gasteiger partial charge on any atom is 0.199 e. The molecule has 0 bridgehead atoms. The molecule has 2 aromatic rings. The van der Waals surface area contributed by atoms with Gasteiger partial charge in [-0.1, -0.05) is 23.7 Å². The fourth-order valence-corrected chi connectivity index (χ4v) is 3.98. The third-order valence-electron chi connectivity index (χ3n) is 4.45. The fourth-order valence-electron chi connectivity index (χ4n) is 2.85. The highest BCUT2D eigenvalue weighted by molar-refractivity contribution is 7.94. The van der Waals surface area contributed by atoms with Crippen molar-refractivity contribution in [2.75, 3.05) is 39.5 Å². The van der Waals surface area contributed by atoms with Crippen LogP contribution in [0.1, 0.15) is 12.0 Å². The lowest BCUT2D eigenvalue weighted by molar-refractivity contribution is 0.0358. The minimum Gasteiger partial charge on any atom is -0.494 e. The van der Waals surface area contributed by atoms with Gasteiger partial charge in [0.1, 0.15) is 5.75 Å². The highest BCUT2D eigenvalue weighted by Gasteiger charge is 2.11. The van der Waals surface area contributed by atoms with E-state index in [0.29, 0.717) is 17.4 Å². The topological polar surface area (TPSA) is 55.8 Å². The Kier molecular flexibility index (Phi) is 9.46. The van der Waals surface area contributed by atoms with Gasteiger partial charge >= 0.3 is 0 Å². The van der Waals surface area contributed by atoms with Gasteiger partial charge < -0.3 is 9.47 Å². The van der Waals surface area contributed by atoms with E-state index in [0.717, 1.165) is 44.8 Å². The van der Waals surface area contributed by atoms with Crippen LogP contribution in [-0.2, 0) is 14.6 Å². The highest BCUT2D eigenvalue weighted by atomic mass is 35.5. The van der Waals surface area contributed by atoms with Crippen molar-refractivity contribution in [2.24, 2.45) is 0 Å². The van der Waals surface area contributed by atoms with E-state index in [2.05, 4.69) is 4.90 Å². The number of nitrogens with zero attached hydrogens (tertiary/aromatic N) is 1. The summed E-state index contributed by atoms with van der Waals surface area (Å²) in [6.07, 6.45) is 2.48. The Morgan fingerprint density at radius 3 is 2.34 bits per heavy atom. The zero-order chi connectivity index (χ0) is 19.8. The van der Waals surface area contributed by atoms with Crippen LogP contribution in [-0.4, -0.2) is 52.8 Å². The average molecular weight is 458 g/mol. The minimum atomic E-state index is -3.51. The van der Waals surface area contributed by atoms with Crippen LogP contribution in [0.25, 0.3) is 6.08 Å². The summed E-state index contributed by atoms with van der Waals surface area (Å²) in [6, 6.07) is 13.5. The van der Waals surface area contributed by atoms with Gasteiger partial charge in [0, 0.05) is 30.1 Å². The third kappa shape index (κ3) is 7.64. The summed E-state index contributed by atoms with van der Waals surface area (Å²) in [5.74, 6) is 0.669. The van der Waals surface area contributed by atoms with E-state index in [9.17, 15) is 8.42 Å². The van der Waals surface area contributed by atoms with Gasteiger partial charge in [-0.3, -0.25) is 4.90 Å². The maximum atomic E-state index is 12.4. The summed E-state index contributed by atoms with van der Waals surface area (Å²) < 4.78 is 36.0. The molecule has 0 amide bonds. The van der Waals surface area contributed by atoms with Crippen molar-refractivity contribution in [3.05, 3.63) is 64.5 Å². The summed E-state index contributed by atoms with van der Waals surface area (Å²) >= 11 is 5.84. The Bertz CT molecular complexity index is 878. The summed E-state index contributed by atoms with van der Waals surface area (Å²) in [6.45, 7) is 5.10. The Morgan fingerprint density at radius 2 is 1.69 bits per heavy atom. The number of sulfone groups is 1. The Balaban J connectivity index is 0.00000300. The number of hydrogen-bond acceptors (Lipinski definition) is 5. The average Bonchev–Trinajstić information content (AvgIpc) is 2.72. The third-order valence-corrected chi connectivity index (χ3v) is 6.13. The van der Waals surface area contributed by atoms with Gasteiger partial charge in [-0.25, -0.2) is 8.42 Å². The van der Waals surface area contributed by atoms with Gasteiger partial charge in [0.05, 0.1) is 24.7 Å². The van der Waals surface area contributed by atoms with E-state index in [1.807, 2.05) is 0 Å². The molecule has 1 saturated heterocycles. The van der Waals surface area contributed by atoms with Crippen LogP contribution in [0.15, 0.2) is 58.8 Å². The molecule has 0 radical (unpaired) electrons. The van der Waals surface area contributed by atoms with E-state index in [4.69, 9.17) is 21.1 Å². The largest absolute Gasteiger partial charge is 0.494 e. The first-order valence-corrected chi connectivity index (χ1v) is 11.2. The maximum absolute atomic E-state index is 12.4. The van der Waals surface area contributed by atoms with Crippen LogP contribution in [0.2, 0.25) is 5.02 Å². The molecule has 0 N–H and O–H groups in total. The molecule has 5 nitrogen and oxygen atoms in total. The van der Waals surface area contributed by atoms with Gasteiger partial charge in [0.15, 0.2) is 9.84 Å². The number of halogens is 2. The fraction of sp³-hybridized carbons (Fsp3) is 0.333. The summed E-state index contributed by atoms with van der Waals surface area (Å²) in [5.41, 5.74) is 0.771. The number of rotatable bonds is 8. The van der Waals surface area contributed by atoms with E-state index in [1.54, 1.807) is 54.6 Å². The van der Waals surface area contributed by atoms with Crippen molar-refractivity contribution in [1.29, 1.82) is 0 Å². The molecule has 0 spiro atoms. The normalized spacial score (nSPS) is 15.2. The van der Waals surface area contributed by atoms with Crippen LogP contribution in [0.3, 0.4) is 0 Å². The van der Waals surface area contributed by atoms with Gasteiger partial charge in [-0.15, -0.1) is 12.4 Å². The number of hydrogen-bond donors (Lipinski definition) is 0. The van der Waals surface area contributed by atoms with Crippen LogP contribution in [0, 0.1) is 0 Å². The van der Waals surface area contributed by atoms with E-state index in [1.165, 1.54) is 5.41 Å². The highest BCUT2D eigenvalue weighted by Crippen LogP contribution is 2.19. The van der Waals surface area contributed by atoms with Crippen molar-refractivity contribution in [1.82, 2.24) is 4.90 Å². The lowest BCUT2D eigenvalue weighted by Gasteiger charge is -2.26. The monoisotopic (exact) mass is 457 g/mol. The van der Waals surface area contributed by atoms with Gasteiger partial charge in [-0.2, -0.15) is 0 Å². The molecule has 0 aromatic heterocycles. The van der Waals surface area contributed by atoms with Crippen LogP contribution in [0.4, 0.5) is 0 Å². The van der Waals surface area contributed by atoms with Crippen molar-refractivity contribution >= 4 is 39.9 Å². The van der Waals surface area contributed by atoms with Crippen molar-refractivity contribution in [3.8, 4) is 5.75 Å². The molecular formula is C21H25Cl2NO4S. The predicted molar refractivity (Wildman–Crippen MR) is 119 cm³/mol. The number of benzene rings is 2. The van der Waals surface area contributed by atoms with E-state index < -0.39 is 9.84 Å². The van der Waals surface area contributed by atoms with Crippen LogP contribution in [0.5, 0.6) is 5.75 Å². The zero-order valence-corrected chi connectivity index (χ0v) is 18.4. The second-order valence-electron chi connectivity index (χ2n) is 6.53. The first kappa shape index (κ1) is 23.7. The lowest BCUT2D eigenvalue weighted by Crippen LogP contribution is -2.37. The molecule has 8 heteroatoms. The molecule has 3 rings (SSSR count). The molecule has 1 aliphatic heterocycles.